The van der Waals surface area contributed by atoms with Crippen molar-refractivity contribution < 1.29 is 19.5 Å². The molecule has 0 spiro atoms. The van der Waals surface area contributed by atoms with Crippen molar-refractivity contribution in [3.63, 3.8) is 0 Å². The summed E-state index contributed by atoms with van der Waals surface area (Å²) in [6, 6.07) is 6.09. The summed E-state index contributed by atoms with van der Waals surface area (Å²) in [5.74, 6) is 1.67. The molecule has 0 radical (unpaired) electrons. The molecular weight excluding hydrogens is 230 g/mol. The molecule has 4 nitrogen and oxygen atoms in total. The summed E-state index contributed by atoms with van der Waals surface area (Å²) >= 11 is 0. The maximum atomic E-state index is 5.96. The van der Waals surface area contributed by atoms with Crippen LogP contribution in [0.5, 0.6) is 11.5 Å². The zero-order chi connectivity index (χ0) is 12.2. The van der Waals surface area contributed by atoms with E-state index >= 15 is 0 Å². The normalized spacial score (nSPS) is 24.1. The Morgan fingerprint density at radius 2 is 1.89 bits per heavy atom. The molecule has 0 aromatic heterocycles. The third-order valence-electron chi connectivity index (χ3n) is 3.50. The van der Waals surface area contributed by atoms with Crippen molar-refractivity contribution >= 4 is 0 Å². The monoisotopic (exact) mass is 250 g/mol. The van der Waals surface area contributed by atoms with Gasteiger partial charge in [0.2, 0.25) is 13.0 Å². The first kappa shape index (κ1) is 11.8. The van der Waals surface area contributed by atoms with Crippen LogP contribution in [-0.2, 0) is 4.74 Å². The van der Waals surface area contributed by atoms with E-state index in [2.05, 4.69) is 11.4 Å². The first-order valence-electron chi connectivity index (χ1n) is 6.78. The predicted molar refractivity (Wildman–Crippen MR) is 66.5 cm³/mol. The average Bonchev–Trinajstić information content (AvgIpc) is 2.90. The fourth-order valence-electron chi connectivity index (χ4n) is 2.47. The van der Waals surface area contributed by atoms with Gasteiger partial charge < -0.3 is 19.5 Å². The molecule has 2 heterocycles. The van der Waals surface area contributed by atoms with Crippen LogP contribution in [0.2, 0.25) is 0 Å². The number of hydrogen-bond acceptors (Lipinski definition) is 3. The molecule has 4 heteroatoms. The van der Waals surface area contributed by atoms with Crippen LogP contribution in [0.25, 0.3) is 0 Å². The number of benzene rings is 1. The molecule has 0 bridgehead atoms. The topological polar surface area (TPSA) is 44.3 Å². The molecule has 18 heavy (non-hydrogen) atoms. The highest BCUT2D eigenvalue weighted by atomic mass is 16.7. The second-order valence-corrected chi connectivity index (χ2v) is 4.84. The SMILES string of the molecule is c1cc2c(cc1[C@H]1[NH2+]CCCCCCO1)OCO2. The summed E-state index contributed by atoms with van der Waals surface area (Å²) in [6.45, 7) is 2.29. The van der Waals surface area contributed by atoms with Gasteiger partial charge in [0.25, 0.3) is 0 Å². The fraction of sp³-hybridized carbons (Fsp3) is 0.571. The zero-order valence-corrected chi connectivity index (χ0v) is 10.6. The van der Waals surface area contributed by atoms with Crippen molar-refractivity contribution in [3.05, 3.63) is 23.8 Å². The Labute approximate surface area is 107 Å². The lowest BCUT2D eigenvalue weighted by Gasteiger charge is -2.15. The standard InChI is InChI=1S/C14H19NO3/c1-2-4-8-16-14(15-7-3-1)11-5-6-12-13(9-11)18-10-17-12/h5-6,9,14-15H,1-4,7-8,10H2/p+1/t14-/m0/s1. The van der Waals surface area contributed by atoms with Gasteiger partial charge in [0.1, 0.15) is 0 Å². The summed E-state index contributed by atoms with van der Waals surface area (Å²) < 4.78 is 16.7. The molecule has 0 saturated carbocycles. The molecule has 2 N–H and O–H groups in total. The van der Waals surface area contributed by atoms with E-state index in [9.17, 15) is 0 Å². The molecule has 2 aliphatic rings. The minimum atomic E-state index is 0.0950. The molecule has 1 aromatic rings. The zero-order valence-electron chi connectivity index (χ0n) is 10.6. The lowest BCUT2D eigenvalue weighted by Crippen LogP contribution is -2.85. The molecular formula is C14H20NO3+. The van der Waals surface area contributed by atoms with E-state index in [0.717, 1.165) is 31.1 Å². The van der Waals surface area contributed by atoms with Gasteiger partial charge in [0.05, 0.1) is 13.2 Å². The van der Waals surface area contributed by atoms with Gasteiger partial charge >= 0.3 is 0 Å². The minimum absolute atomic E-state index is 0.0950. The predicted octanol–water partition coefficient (Wildman–Crippen LogP) is 1.57. The van der Waals surface area contributed by atoms with Crippen LogP contribution in [0, 0.1) is 0 Å². The van der Waals surface area contributed by atoms with Crippen molar-refractivity contribution in [2.75, 3.05) is 19.9 Å². The van der Waals surface area contributed by atoms with E-state index in [1.807, 2.05) is 12.1 Å². The number of ether oxygens (including phenoxy) is 3. The van der Waals surface area contributed by atoms with Gasteiger partial charge in [-0.05, 0) is 37.5 Å². The van der Waals surface area contributed by atoms with Gasteiger partial charge in [-0.1, -0.05) is 6.42 Å². The number of nitrogens with two attached hydrogens (primary N) is 1. The summed E-state index contributed by atoms with van der Waals surface area (Å²) in [5.41, 5.74) is 1.17. The smallest absolute Gasteiger partial charge is 0.231 e. The molecule has 0 unspecified atom stereocenters. The van der Waals surface area contributed by atoms with E-state index < -0.39 is 0 Å². The van der Waals surface area contributed by atoms with Gasteiger partial charge in [0, 0.05) is 5.56 Å². The lowest BCUT2D eigenvalue weighted by atomic mass is 10.1. The van der Waals surface area contributed by atoms with Crippen LogP contribution in [-0.4, -0.2) is 19.9 Å². The van der Waals surface area contributed by atoms with Crippen molar-refractivity contribution in [1.29, 1.82) is 0 Å². The van der Waals surface area contributed by atoms with Crippen LogP contribution in [0.3, 0.4) is 0 Å². The second-order valence-electron chi connectivity index (χ2n) is 4.84. The maximum Gasteiger partial charge on any atom is 0.231 e. The van der Waals surface area contributed by atoms with Gasteiger partial charge in [0.15, 0.2) is 11.5 Å². The van der Waals surface area contributed by atoms with Crippen LogP contribution in [0.4, 0.5) is 0 Å². The first-order valence-corrected chi connectivity index (χ1v) is 6.78. The van der Waals surface area contributed by atoms with Crippen molar-refractivity contribution in [2.24, 2.45) is 0 Å². The summed E-state index contributed by atoms with van der Waals surface area (Å²) in [5, 5.41) is 2.28. The number of quaternary nitrogens is 1. The third-order valence-corrected chi connectivity index (χ3v) is 3.50. The largest absolute Gasteiger partial charge is 0.454 e. The van der Waals surface area contributed by atoms with E-state index in [1.54, 1.807) is 0 Å². The Morgan fingerprint density at radius 1 is 1.00 bits per heavy atom. The second kappa shape index (κ2) is 5.59. The van der Waals surface area contributed by atoms with Crippen molar-refractivity contribution in [1.82, 2.24) is 0 Å². The van der Waals surface area contributed by atoms with Crippen LogP contribution < -0.4 is 14.8 Å². The maximum absolute atomic E-state index is 5.96. The molecule has 1 atom stereocenters. The lowest BCUT2D eigenvalue weighted by molar-refractivity contribution is -0.734. The van der Waals surface area contributed by atoms with Crippen molar-refractivity contribution in [3.8, 4) is 11.5 Å². The highest BCUT2D eigenvalue weighted by Gasteiger charge is 2.20. The highest BCUT2D eigenvalue weighted by molar-refractivity contribution is 5.44. The molecule has 2 aliphatic heterocycles. The molecule has 3 rings (SSSR count). The molecule has 0 aliphatic carbocycles. The highest BCUT2D eigenvalue weighted by Crippen LogP contribution is 2.33. The molecule has 0 amide bonds. The van der Waals surface area contributed by atoms with Crippen LogP contribution in [0.15, 0.2) is 18.2 Å². The minimum Gasteiger partial charge on any atom is -0.454 e. The summed E-state index contributed by atoms with van der Waals surface area (Å²) in [7, 11) is 0. The van der Waals surface area contributed by atoms with Gasteiger partial charge in [-0.3, -0.25) is 0 Å². The molecule has 98 valence electrons. The first-order chi connectivity index (χ1) is 8.93. The van der Waals surface area contributed by atoms with E-state index in [1.165, 1.54) is 24.8 Å². The molecule has 1 saturated heterocycles. The quantitative estimate of drug-likeness (QED) is 0.822. The Balaban J connectivity index is 1.74. The van der Waals surface area contributed by atoms with Crippen LogP contribution in [0.1, 0.15) is 37.5 Å². The summed E-state index contributed by atoms with van der Waals surface area (Å²) in [6.07, 6.45) is 5.12. The van der Waals surface area contributed by atoms with Crippen LogP contribution >= 0.6 is 0 Å². The Bertz CT molecular complexity index is 398. The Kier molecular flexibility index (Phi) is 3.67. The van der Waals surface area contributed by atoms with Gasteiger partial charge in [-0.2, -0.15) is 0 Å². The fourth-order valence-corrected chi connectivity index (χ4v) is 2.47. The number of fused-ring (bicyclic) bond motifs is 1. The summed E-state index contributed by atoms with van der Waals surface area (Å²) in [4.78, 5) is 0. The third kappa shape index (κ3) is 2.60. The van der Waals surface area contributed by atoms with Crippen molar-refractivity contribution in [2.45, 2.75) is 31.9 Å². The Morgan fingerprint density at radius 3 is 2.89 bits per heavy atom. The number of hydrogen-bond donors (Lipinski definition) is 1. The van der Waals surface area contributed by atoms with E-state index in [0.29, 0.717) is 6.79 Å². The molecule has 1 fully saturated rings. The number of rotatable bonds is 1. The Hall–Kier alpha value is -1.26. The van der Waals surface area contributed by atoms with Gasteiger partial charge in [-0.15, -0.1) is 0 Å². The van der Waals surface area contributed by atoms with E-state index in [4.69, 9.17) is 14.2 Å². The van der Waals surface area contributed by atoms with Gasteiger partial charge in [-0.25, -0.2) is 0 Å². The van der Waals surface area contributed by atoms with E-state index in [-0.39, 0.29) is 6.23 Å². The molecule has 1 aromatic carbocycles. The average molecular weight is 250 g/mol.